The Bertz CT molecular complexity index is 263. The molecular weight excluding hydrogens is 228 g/mol. The van der Waals surface area contributed by atoms with Gasteiger partial charge in [0.1, 0.15) is 5.76 Å². The van der Waals surface area contributed by atoms with Crippen molar-refractivity contribution in [1.29, 1.82) is 0 Å². The minimum Gasteiger partial charge on any atom is -0.454 e. The molecular formula is C11H17BrO. The van der Waals surface area contributed by atoms with E-state index in [1.54, 1.807) is 0 Å². The van der Waals surface area contributed by atoms with Crippen molar-refractivity contribution in [3.05, 3.63) is 22.6 Å². The topological polar surface area (TPSA) is 13.1 Å². The van der Waals surface area contributed by atoms with Crippen LogP contribution in [0, 0.1) is 0 Å². The van der Waals surface area contributed by atoms with E-state index in [1.807, 2.05) is 6.07 Å². The molecule has 1 rings (SSSR count). The van der Waals surface area contributed by atoms with Crippen LogP contribution in [0.4, 0.5) is 0 Å². The van der Waals surface area contributed by atoms with Crippen molar-refractivity contribution in [3.8, 4) is 0 Å². The molecule has 74 valence electrons. The fourth-order valence-electron chi connectivity index (χ4n) is 1.42. The van der Waals surface area contributed by atoms with Crippen molar-refractivity contribution in [1.82, 2.24) is 0 Å². The molecule has 0 aliphatic carbocycles. The van der Waals surface area contributed by atoms with Crippen LogP contribution < -0.4 is 0 Å². The molecule has 0 radical (unpaired) electrons. The Hall–Kier alpha value is -0.240. The number of halogens is 1. The lowest BCUT2D eigenvalue weighted by molar-refractivity contribution is 0.348. The Labute approximate surface area is 88.6 Å². The van der Waals surface area contributed by atoms with Crippen LogP contribution >= 0.6 is 15.9 Å². The molecule has 1 heterocycles. The van der Waals surface area contributed by atoms with E-state index in [9.17, 15) is 0 Å². The second-order valence-corrected chi connectivity index (χ2v) is 4.87. The molecule has 0 atom stereocenters. The van der Waals surface area contributed by atoms with Crippen LogP contribution in [-0.2, 0) is 5.41 Å². The number of hydrogen-bond acceptors (Lipinski definition) is 1. The summed E-state index contributed by atoms with van der Waals surface area (Å²) in [5.41, 5.74) is 0.169. The monoisotopic (exact) mass is 244 g/mol. The summed E-state index contributed by atoms with van der Waals surface area (Å²) in [6, 6.07) is 4.02. The maximum Gasteiger partial charge on any atom is 0.169 e. The molecule has 0 amide bonds. The molecule has 0 aliphatic rings. The van der Waals surface area contributed by atoms with Crippen LogP contribution in [0.5, 0.6) is 0 Å². The van der Waals surface area contributed by atoms with Gasteiger partial charge >= 0.3 is 0 Å². The van der Waals surface area contributed by atoms with Crippen LogP contribution in [0.3, 0.4) is 0 Å². The summed E-state index contributed by atoms with van der Waals surface area (Å²) in [5.74, 6) is 1.08. The highest BCUT2D eigenvalue weighted by atomic mass is 79.9. The maximum atomic E-state index is 5.56. The highest BCUT2D eigenvalue weighted by molar-refractivity contribution is 9.10. The van der Waals surface area contributed by atoms with E-state index < -0.39 is 0 Å². The lowest BCUT2D eigenvalue weighted by Crippen LogP contribution is -2.15. The molecule has 1 nitrogen and oxygen atoms in total. The zero-order valence-corrected chi connectivity index (χ0v) is 10.1. The van der Waals surface area contributed by atoms with Gasteiger partial charge in [0.2, 0.25) is 0 Å². The fraction of sp³-hybridized carbons (Fsp3) is 0.636. The molecule has 13 heavy (non-hydrogen) atoms. The largest absolute Gasteiger partial charge is 0.454 e. The summed E-state index contributed by atoms with van der Waals surface area (Å²) in [6.45, 7) is 6.68. The van der Waals surface area contributed by atoms with Gasteiger partial charge in [-0.1, -0.05) is 33.6 Å². The van der Waals surface area contributed by atoms with Crippen molar-refractivity contribution in [2.45, 2.75) is 45.4 Å². The maximum absolute atomic E-state index is 5.56. The average molecular weight is 245 g/mol. The van der Waals surface area contributed by atoms with Gasteiger partial charge in [-0.2, -0.15) is 0 Å². The first kappa shape index (κ1) is 10.8. The Morgan fingerprint density at radius 3 is 2.54 bits per heavy atom. The Kier molecular flexibility index (Phi) is 3.60. The highest BCUT2D eigenvalue weighted by Gasteiger charge is 2.23. The van der Waals surface area contributed by atoms with Crippen LogP contribution in [0.1, 0.15) is 45.8 Å². The van der Waals surface area contributed by atoms with E-state index in [0.717, 1.165) is 10.4 Å². The minimum absolute atomic E-state index is 0.169. The Morgan fingerprint density at radius 2 is 2.08 bits per heavy atom. The number of furan rings is 1. The number of hydrogen-bond donors (Lipinski definition) is 0. The molecule has 1 aromatic rings. The summed E-state index contributed by atoms with van der Waals surface area (Å²) < 4.78 is 6.39. The molecule has 0 aromatic carbocycles. The van der Waals surface area contributed by atoms with Crippen LogP contribution in [0.15, 0.2) is 21.2 Å². The van der Waals surface area contributed by atoms with E-state index in [2.05, 4.69) is 42.8 Å². The molecule has 1 aromatic heterocycles. The van der Waals surface area contributed by atoms with Gasteiger partial charge in [-0.05, 0) is 34.5 Å². The van der Waals surface area contributed by atoms with E-state index >= 15 is 0 Å². The average Bonchev–Trinajstić information content (AvgIpc) is 2.49. The molecule has 0 saturated heterocycles. The first-order valence-corrected chi connectivity index (χ1v) is 5.61. The van der Waals surface area contributed by atoms with Crippen LogP contribution in [-0.4, -0.2) is 0 Å². The van der Waals surface area contributed by atoms with E-state index in [1.165, 1.54) is 19.3 Å². The van der Waals surface area contributed by atoms with Gasteiger partial charge in [-0.15, -0.1) is 0 Å². The smallest absolute Gasteiger partial charge is 0.169 e. The molecule has 2 heteroatoms. The van der Waals surface area contributed by atoms with Gasteiger partial charge < -0.3 is 4.42 Å². The molecule has 0 spiro atoms. The second-order valence-electron chi connectivity index (χ2n) is 4.09. The first-order valence-electron chi connectivity index (χ1n) is 4.82. The van der Waals surface area contributed by atoms with Crippen LogP contribution in [0.25, 0.3) is 0 Å². The van der Waals surface area contributed by atoms with E-state index in [0.29, 0.717) is 0 Å². The van der Waals surface area contributed by atoms with Crippen molar-refractivity contribution in [2.24, 2.45) is 0 Å². The summed E-state index contributed by atoms with van der Waals surface area (Å²) in [4.78, 5) is 0. The van der Waals surface area contributed by atoms with Gasteiger partial charge in [0, 0.05) is 5.41 Å². The third-order valence-corrected chi connectivity index (χ3v) is 2.82. The zero-order valence-electron chi connectivity index (χ0n) is 8.56. The van der Waals surface area contributed by atoms with Crippen molar-refractivity contribution >= 4 is 15.9 Å². The van der Waals surface area contributed by atoms with E-state index in [-0.39, 0.29) is 5.41 Å². The minimum atomic E-state index is 0.169. The highest BCUT2D eigenvalue weighted by Crippen LogP contribution is 2.31. The number of rotatable bonds is 4. The third kappa shape index (κ3) is 2.87. The van der Waals surface area contributed by atoms with Gasteiger partial charge in [-0.3, -0.25) is 0 Å². The standard InChI is InChI=1S/C11H17BrO/c1-4-5-8-11(2,3)9-6-7-10(12)13-9/h6-7H,4-5,8H2,1-3H3. The predicted molar refractivity (Wildman–Crippen MR) is 59.0 cm³/mol. The Balaban J connectivity index is 2.68. The molecule has 0 aliphatic heterocycles. The van der Waals surface area contributed by atoms with Crippen molar-refractivity contribution < 1.29 is 4.42 Å². The molecule has 0 unspecified atom stereocenters. The second kappa shape index (κ2) is 4.32. The summed E-state index contributed by atoms with van der Waals surface area (Å²) in [6.07, 6.45) is 3.68. The van der Waals surface area contributed by atoms with Crippen molar-refractivity contribution in [3.63, 3.8) is 0 Å². The molecule has 0 bridgehead atoms. The van der Waals surface area contributed by atoms with E-state index in [4.69, 9.17) is 4.42 Å². The molecule has 0 fully saturated rings. The van der Waals surface area contributed by atoms with Gasteiger partial charge in [-0.25, -0.2) is 0 Å². The van der Waals surface area contributed by atoms with Crippen LogP contribution in [0.2, 0.25) is 0 Å². The number of unbranched alkanes of at least 4 members (excludes halogenated alkanes) is 1. The summed E-state index contributed by atoms with van der Waals surface area (Å²) in [5, 5.41) is 0. The predicted octanol–water partition coefficient (Wildman–Crippen LogP) is 4.51. The first-order chi connectivity index (χ1) is 6.06. The van der Waals surface area contributed by atoms with Crippen molar-refractivity contribution in [2.75, 3.05) is 0 Å². The molecule has 0 N–H and O–H groups in total. The third-order valence-electron chi connectivity index (χ3n) is 2.40. The fourth-order valence-corrected chi connectivity index (χ4v) is 1.73. The Morgan fingerprint density at radius 1 is 1.38 bits per heavy atom. The zero-order chi connectivity index (χ0) is 9.90. The lowest BCUT2D eigenvalue weighted by atomic mass is 9.85. The molecule has 0 saturated carbocycles. The normalized spacial score (nSPS) is 12.0. The summed E-state index contributed by atoms with van der Waals surface area (Å²) in [7, 11) is 0. The van der Waals surface area contributed by atoms with Gasteiger partial charge in [0.15, 0.2) is 4.67 Å². The summed E-state index contributed by atoms with van der Waals surface area (Å²) >= 11 is 3.33. The van der Waals surface area contributed by atoms with Gasteiger partial charge in [0.25, 0.3) is 0 Å². The SMILES string of the molecule is CCCCC(C)(C)c1ccc(Br)o1. The quantitative estimate of drug-likeness (QED) is 0.760. The van der Waals surface area contributed by atoms with Gasteiger partial charge in [0.05, 0.1) is 0 Å². The lowest BCUT2D eigenvalue weighted by Gasteiger charge is -2.21.